The van der Waals surface area contributed by atoms with Crippen molar-refractivity contribution < 1.29 is 13.9 Å². The van der Waals surface area contributed by atoms with Crippen molar-refractivity contribution in [2.75, 3.05) is 33.4 Å². The van der Waals surface area contributed by atoms with Crippen molar-refractivity contribution in [3.05, 3.63) is 29.7 Å². The second-order valence-electron chi connectivity index (χ2n) is 7.26. The smallest absolute Gasteiger partial charge is 0.227 e. The number of fused-ring (bicyclic) bond motifs is 1. The zero-order valence-corrected chi connectivity index (χ0v) is 15.2. The third-order valence-corrected chi connectivity index (χ3v) is 4.68. The normalized spacial score (nSPS) is 19.8. The highest BCUT2D eigenvalue weighted by Gasteiger charge is 2.32. The van der Waals surface area contributed by atoms with Gasteiger partial charge in [0.15, 0.2) is 0 Å². The Morgan fingerprint density at radius 2 is 2.16 bits per heavy atom. The topological polar surface area (TPSA) is 59.4 Å². The number of hydrogen-bond donors (Lipinski definition) is 1. The molecule has 25 heavy (non-hydrogen) atoms. The number of benzene rings is 1. The van der Waals surface area contributed by atoms with Gasteiger partial charge in [0, 0.05) is 25.5 Å². The van der Waals surface area contributed by atoms with Gasteiger partial charge in [-0.1, -0.05) is 12.1 Å². The summed E-state index contributed by atoms with van der Waals surface area (Å²) in [6, 6.07) is 4.91. The van der Waals surface area contributed by atoms with Gasteiger partial charge in [0.2, 0.25) is 5.91 Å². The molecule has 1 aliphatic heterocycles. The van der Waals surface area contributed by atoms with Crippen LogP contribution in [0.1, 0.15) is 19.5 Å². The summed E-state index contributed by atoms with van der Waals surface area (Å²) in [4.78, 5) is 14.9. The largest absolute Gasteiger partial charge is 0.379 e. The molecule has 0 bridgehead atoms. The van der Waals surface area contributed by atoms with E-state index in [2.05, 4.69) is 15.3 Å². The molecule has 0 radical (unpaired) electrons. The van der Waals surface area contributed by atoms with Gasteiger partial charge in [-0.2, -0.15) is 5.10 Å². The maximum atomic E-state index is 14.1. The molecule has 0 spiro atoms. The third kappa shape index (κ3) is 3.52. The zero-order chi connectivity index (χ0) is 18.2. The van der Waals surface area contributed by atoms with E-state index in [0.717, 1.165) is 6.54 Å². The second-order valence-corrected chi connectivity index (χ2v) is 7.26. The predicted octanol–water partition coefficient (Wildman–Crippen LogP) is 1.64. The Balaban J connectivity index is 1.87. The number of nitrogens with zero attached hydrogens (tertiary/aromatic N) is 3. The number of para-hydroxylation sites is 1. The number of ether oxygens (including phenoxy) is 1. The molecule has 3 rings (SSSR count). The number of halogens is 1. The number of carbonyl (C=O) groups excluding carboxylic acids is 1. The van der Waals surface area contributed by atoms with Gasteiger partial charge in [-0.15, -0.1) is 0 Å². The maximum Gasteiger partial charge on any atom is 0.227 e. The fourth-order valence-electron chi connectivity index (χ4n) is 3.34. The molecule has 1 saturated heterocycles. The second kappa shape index (κ2) is 6.72. The van der Waals surface area contributed by atoms with E-state index in [-0.39, 0.29) is 17.6 Å². The SMILES string of the molecule is CN1CCOCC(C(=O)NC(C)(C)c2nn(C)c3c(F)cccc23)C1. The lowest BCUT2D eigenvalue weighted by Gasteiger charge is -2.28. The quantitative estimate of drug-likeness (QED) is 0.916. The molecule has 2 heterocycles. The molecule has 136 valence electrons. The highest BCUT2D eigenvalue weighted by molar-refractivity contribution is 5.85. The summed E-state index contributed by atoms with van der Waals surface area (Å²) in [5, 5.41) is 8.26. The van der Waals surface area contributed by atoms with Gasteiger partial charge in [-0.3, -0.25) is 9.48 Å². The van der Waals surface area contributed by atoms with Crippen molar-refractivity contribution in [1.29, 1.82) is 0 Å². The standard InChI is InChI=1S/C18H25FN4O2/c1-18(2,20-17(24)12-10-22(3)8-9-25-11-12)16-13-6-5-7-14(19)15(13)23(4)21-16/h5-7,12H,8-11H2,1-4H3,(H,20,24). The number of hydrogen-bond acceptors (Lipinski definition) is 4. The molecule has 0 saturated carbocycles. The fraction of sp³-hybridized carbons (Fsp3) is 0.556. The third-order valence-electron chi connectivity index (χ3n) is 4.68. The summed E-state index contributed by atoms with van der Waals surface area (Å²) in [7, 11) is 3.69. The molecule has 0 aliphatic carbocycles. The molecule has 1 atom stereocenters. The summed E-state index contributed by atoms with van der Waals surface area (Å²) < 4.78 is 21.2. The van der Waals surface area contributed by atoms with Crippen LogP contribution in [0.2, 0.25) is 0 Å². The van der Waals surface area contributed by atoms with Crippen LogP contribution in [-0.4, -0.2) is 53.9 Å². The summed E-state index contributed by atoms with van der Waals surface area (Å²) in [5.41, 5.74) is 0.369. The van der Waals surface area contributed by atoms with E-state index in [0.29, 0.717) is 36.4 Å². The summed E-state index contributed by atoms with van der Waals surface area (Å²) in [6.07, 6.45) is 0. The lowest BCUT2D eigenvalue weighted by atomic mass is 9.95. The number of aromatic nitrogens is 2. The zero-order valence-electron chi connectivity index (χ0n) is 15.2. The Morgan fingerprint density at radius 3 is 2.92 bits per heavy atom. The first-order valence-corrected chi connectivity index (χ1v) is 8.49. The minimum Gasteiger partial charge on any atom is -0.379 e. The van der Waals surface area contributed by atoms with Gasteiger partial charge in [0.25, 0.3) is 0 Å². The van der Waals surface area contributed by atoms with Gasteiger partial charge in [0.05, 0.1) is 30.4 Å². The Hall–Kier alpha value is -1.99. The Labute approximate surface area is 146 Å². The highest BCUT2D eigenvalue weighted by Crippen LogP contribution is 2.29. The van der Waals surface area contributed by atoms with Crippen LogP contribution in [0.3, 0.4) is 0 Å². The van der Waals surface area contributed by atoms with Crippen LogP contribution >= 0.6 is 0 Å². The van der Waals surface area contributed by atoms with Crippen LogP contribution in [0.4, 0.5) is 4.39 Å². The summed E-state index contributed by atoms with van der Waals surface area (Å²) in [5.74, 6) is -0.632. The molecule has 1 unspecified atom stereocenters. The lowest BCUT2D eigenvalue weighted by molar-refractivity contribution is -0.128. The number of carbonyl (C=O) groups is 1. The molecule has 1 amide bonds. The number of likely N-dealkylation sites (N-methyl/N-ethyl adjacent to an activating group) is 1. The number of amides is 1. The molecule has 1 aromatic heterocycles. The average Bonchev–Trinajstić information content (AvgIpc) is 2.74. The van der Waals surface area contributed by atoms with E-state index in [4.69, 9.17) is 4.74 Å². The number of aryl methyl sites for hydroxylation is 1. The highest BCUT2D eigenvalue weighted by atomic mass is 19.1. The van der Waals surface area contributed by atoms with E-state index in [1.54, 1.807) is 13.1 Å². The monoisotopic (exact) mass is 348 g/mol. The van der Waals surface area contributed by atoms with E-state index < -0.39 is 5.54 Å². The molecule has 7 heteroatoms. The first kappa shape index (κ1) is 17.8. The van der Waals surface area contributed by atoms with Crippen LogP contribution in [0.15, 0.2) is 18.2 Å². The van der Waals surface area contributed by atoms with Crippen LogP contribution in [0.5, 0.6) is 0 Å². The first-order valence-electron chi connectivity index (χ1n) is 8.49. The molecule has 1 N–H and O–H groups in total. The van der Waals surface area contributed by atoms with Gasteiger partial charge >= 0.3 is 0 Å². The van der Waals surface area contributed by atoms with Crippen molar-refractivity contribution in [3.63, 3.8) is 0 Å². The fourth-order valence-corrected chi connectivity index (χ4v) is 3.34. The van der Waals surface area contributed by atoms with Gasteiger partial charge in [0.1, 0.15) is 11.3 Å². The molecular formula is C18H25FN4O2. The lowest BCUT2D eigenvalue weighted by Crippen LogP contribution is -2.47. The molecule has 1 fully saturated rings. The number of nitrogens with one attached hydrogen (secondary N) is 1. The summed E-state index contributed by atoms with van der Waals surface area (Å²) in [6.45, 7) is 6.28. The Kier molecular flexibility index (Phi) is 4.79. The maximum absolute atomic E-state index is 14.1. The van der Waals surface area contributed by atoms with Crippen molar-refractivity contribution in [1.82, 2.24) is 20.0 Å². The molecular weight excluding hydrogens is 323 g/mol. The van der Waals surface area contributed by atoms with Crippen LogP contribution < -0.4 is 5.32 Å². The van der Waals surface area contributed by atoms with Gasteiger partial charge in [-0.05, 0) is 27.0 Å². The van der Waals surface area contributed by atoms with Crippen LogP contribution in [0.25, 0.3) is 10.9 Å². The van der Waals surface area contributed by atoms with Crippen molar-refractivity contribution in [2.24, 2.45) is 13.0 Å². The molecule has 2 aromatic rings. The van der Waals surface area contributed by atoms with Gasteiger partial charge < -0.3 is 15.0 Å². The Bertz CT molecular complexity index is 787. The van der Waals surface area contributed by atoms with E-state index >= 15 is 0 Å². The molecule has 1 aromatic carbocycles. The summed E-state index contributed by atoms with van der Waals surface area (Å²) >= 11 is 0. The van der Waals surface area contributed by atoms with Crippen molar-refractivity contribution >= 4 is 16.8 Å². The first-order chi connectivity index (χ1) is 11.8. The van der Waals surface area contributed by atoms with Gasteiger partial charge in [-0.25, -0.2) is 4.39 Å². The predicted molar refractivity (Wildman–Crippen MR) is 93.6 cm³/mol. The van der Waals surface area contributed by atoms with E-state index in [9.17, 15) is 9.18 Å². The van der Waals surface area contributed by atoms with Crippen LogP contribution in [-0.2, 0) is 22.1 Å². The van der Waals surface area contributed by atoms with Crippen molar-refractivity contribution in [2.45, 2.75) is 19.4 Å². The van der Waals surface area contributed by atoms with Crippen LogP contribution in [0, 0.1) is 11.7 Å². The molecule has 1 aliphatic rings. The van der Waals surface area contributed by atoms with E-state index in [1.165, 1.54) is 10.7 Å². The molecule has 6 nitrogen and oxygen atoms in total. The van der Waals surface area contributed by atoms with Crippen molar-refractivity contribution in [3.8, 4) is 0 Å². The Morgan fingerprint density at radius 1 is 1.40 bits per heavy atom. The number of rotatable bonds is 3. The minimum absolute atomic E-state index is 0.0750. The van der Waals surface area contributed by atoms with E-state index in [1.807, 2.05) is 27.0 Å². The average molecular weight is 348 g/mol. The minimum atomic E-state index is -0.727.